The van der Waals surface area contributed by atoms with Crippen molar-refractivity contribution in [2.24, 2.45) is 44.8 Å². The molecule has 0 amide bonds. The van der Waals surface area contributed by atoms with Gasteiger partial charge in [-0.05, 0) is 91.9 Å². The maximum atomic E-state index is 14.5. The van der Waals surface area contributed by atoms with E-state index in [0.29, 0.717) is 11.5 Å². The highest BCUT2D eigenvalue weighted by molar-refractivity contribution is 6.06. The minimum atomic E-state index is -0.445. The van der Waals surface area contributed by atoms with Gasteiger partial charge in [0.25, 0.3) is 0 Å². The zero-order valence-corrected chi connectivity index (χ0v) is 23.4. The van der Waals surface area contributed by atoms with Gasteiger partial charge >= 0.3 is 0 Å². The summed E-state index contributed by atoms with van der Waals surface area (Å²) >= 11 is 0. The Morgan fingerprint density at radius 3 is 2.34 bits per heavy atom. The van der Waals surface area contributed by atoms with Crippen molar-refractivity contribution in [3.8, 4) is 6.07 Å². The lowest BCUT2D eigenvalue weighted by Crippen LogP contribution is -2.65. The molecular formula is C32H39N3O3. The van der Waals surface area contributed by atoms with E-state index in [-0.39, 0.29) is 51.0 Å². The number of Topliss-reactive ketones (excluding diaryl/α,β-unsaturated/α-hetero) is 1. The maximum Gasteiger partial charge on any atom is 0.222 e. The molecule has 4 saturated carbocycles. The van der Waals surface area contributed by atoms with Crippen LogP contribution in [0.15, 0.2) is 34.1 Å². The number of ketones is 2. The van der Waals surface area contributed by atoms with Crippen molar-refractivity contribution in [3.63, 3.8) is 0 Å². The summed E-state index contributed by atoms with van der Waals surface area (Å²) in [6.45, 7) is 11.7. The van der Waals surface area contributed by atoms with E-state index in [1.807, 2.05) is 12.2 Å². The number of nitrogens with zero attached hydrogens (tertiary/aromatic N) is 3. The van der Waals surface area contributed by atoms with Gasteiger partial charge in [0.1, 0.15) is 6.07 Å². The highest BCUT2D eigenvalue weighted by atomic mass is 16.4. The van der Waals surface area contributed by atoms with Crippen LogP contribution in [0, 0.1) is 56.2 Å². The number of nitriles is 1. The molecule has 0 saturated heterocycles. The number of allylic oxidation sites excluding steroid dienone is 4. The topological polar surface area (TPSA) is 96.8 Å². The Morgan fingerprint density at radius 1 is 0.974 bits per heavy atom. The molecule has 38 heavy (non-hydrogen) atoms. The third-order valence-corrected chi connectivity index (χ3v) is 13.1. The van der Waals surface area contributed by atoms with Crippen LogP contribution in [0.2, 0.25) is 0 Å². The van der Waals surface area contributed by atoms with E-state index in [1.165, 1.54) is 12.0 Å². The number of carbonyl (C=O) groups excluding carboxylic acids is 2. The third kappa shape index (κ3) is 2.69. The average molecular weight is 514 g/mol. The summed E-state index contributed by atoms with van der Waals surface area (Å²) in [4.78, 5) is 27.8. The van der Waals surface area contributed by atoms with Crippen LogP contribution in [0.4, 0.5) is 0 Å². The molecule has 4 fully saturated rings. The Morgan fingerprint density at radius 2 is 1.68 bits per heavy atom. The fourth-order valence-electron chi connectivity index (χ4n) is 10.8. The van der Waals surface area contributed by atoms with Gasteiger partial charge in [0, 0.05) is 16.7 Å². The Balaban J connectivity index is 1.40. The summed E-state index contributed by atoms with van der Waals surface area (Å²) < 4.78 is 5.91. The largest absolute Gasteiger partial charge is 0.427 e. The predicted octanol–water partition coefficient (Wildman–Crippen LogP) is 6.29. The van der Waals surface area contributed by atoms with E-state index in [9.17, 15) is 14.9 Å². The van der Waals surface area contributed by atoms with Gasteiger partial charge < -0.3 is 4.42 Å². The average Bonchev–Trinajstić information content (AvgIpc) is 3.45. The van der Waals surface area contributed by atoms with Gasteiger partial charge in [-0.3, -0.25) is 9.59 Å². The smallest absolute Gasteiger partial charge is 0.222 e. The quantitative estimate of drug-likeness (QED) is 0.437. The van der Waals surface area contributed by atoms with Gasteiger partial charge in [0.15, 0.2) is 11.6 Å². The predicted molar refractivity (Wildman–Crippen MR) is 140 cm³/mol. The van der Waals surface area contributed by atoms with Crippen LogP contribution in [-0.2, 0) is 15.0 Å². The lowest BCUT2D eigenvalue weighted by atomic mass is 9.34. The van der Waals surface area contributed by atoms with Crippen molar-refractivity contribution in [1.82, 2.24) is 10.2 Å². The first kappa shape index (κ1) is 24.5. The molecule has 6 aliphatic rings. The lowest BCUT2D eigenvalue weighted by molar-refractivity contribution is -0.160. The van der Waals surface area contributed by atoms with Crippen LogP contribution >= 0.6 is 0 Å². The summed E-state index contributed by atoms with van der Waals surface area (Å²) in [6.07, 6.45) is 14.0. The van der Waals surface area contributed by atoms with Crippen LogP contribution < -0.4 is 0 Å². The van der Waals surface area contributed by atoms with E-state index in [1.54, 1.807) is 0 Å². The van der Waals surface area contributed by atoms with Crippen molar-refractivity contribution in [3.05, 3.63) is 35.6 Å². The second kappa shape index (κ2) is 7.14. The molecule has 0 bridgehead atoms. The van der Waals surface area contributed by atoms with Crippen molar-refractivity contribution >= 4 is 11.6 Å². The van der Waals surface area contributed by atoms with Crippen molar-refractivity contribution in [1.29, 1.82) is 5.26 Å². The van der Waals surface area contributed by atoms with Crippen molar-refractivity contribution in [2.45, 2.75) is 97.8 Å². The fraction of sp³-hybridized carbons (Fsp3) is 0.719. The third-order valence-electron chi connectivity index (χ3n) is 13.1. The molecule has 0 N–H and O–H groups in total. The molecule has 6 heteroatoms. The molecule has 200 valence electrons. The molecule has 0 radical (unpaired) electrons. The summed E-state index contributed by atoms with van der Waals surface area (Å²) in [5.41, 5.74) is 0.126. The van der Waals surface area contributed by atoms with E-state index in [2.05, 4.69) is 50.9 Å². The van der Waals surface area contributed by atoms with Crippen molar-refractivity contribution in [2.75, 3.05) is 0 Å². The molecule has 0 aromatic carbocycles. The van der Waals surface area contributed by atoms with Gasteiger partial charge in [-0.25, -0.2) is 0 Å². The Hall–Kier alpha value is -2.55. The zero-order valence-electron chi connectivity index (χ0n) is 23.4. The highest BCUT2D eigenvalue weighted by Gasteiger charge is 2.72. The van der Waals surface area contributed by atoms with Crippen LogP contribution in [0.1, 0.15) is 98.3 Å². The van der Waals surface area contributed by atoms with Crippen molar-refractivity contribution < 1.29 is 14.0 Å². The molecule has 6 aliphatic carbocycles. The molecule has 7 rings (SSSR count). The van der Waals surface area contributed by atoms with E-state index in [0.717, 1.165) is 57.8 Å². The van der Waals surface area contributed by atoms with Crippen LogP contribution in [0.5, 0.6) is 0 Å². The zero-order chi connectivity index (χ0) is 26.9. The summed E-state index contributed by atoms with van der Waals surface area (Å²) in [7, 11) is 0. The SMILES string of the molecule is CC1(C)CC[C@]2(c3nnco3)CC[C@]3(C)[C@H](C(=O)C=C4[C@@]5(C)C=C(C#N)C(=O)C6(CC6)[C@@H]5CC[C@]43C)[C@@H]2C1. The monoisotopic (exact) mass is 513 g/mol. The number of carbonyl (C=O) groups is 2. The molecular weight excluding hydrogens is 474 g/mol. The molecule has 1 aromatic rings. The standard InChI is InChI=1S/C32H39N3O3/c1-27(2)8-10-31(26-35-34-18-38-26)11-9-30(5)24(20(31)16-27)21(36)14-23-28(3)15-19(17-33)25(37)32(12-13-32)22(28)6-7-29(23,30)4/h14-15,18,20,22,24H,6-13,16H2,1-5H3/t20-,22+,24-,28-,29+,30+,31-/m0/s1. The second-order valence-corrected chi connectivity index (χ2v) is 15.1. The van der Waals surface area contributed by atoms with Gasteiger partial charge in [0.05, 0.1) is 11.0 Å². The maximum absolute atomic E-state index is 14.5. The summed E-state index contributed by atoms with van der Waals surface area (Å²) in [5, 5.41) is 18.4. The Labute approximate surface area is 225 Å². The summed E-state index contributed by atoms with van der Waals surface area (Å²) in [6, 6.07) is 2.24. The molecule has 0 unspecified atom stereocenters. The summed E-state index contributed by atoms with van der Waals surface area (Å²) in [5.74, 6) is 1.18. The first-order valence-corrected chi connectivity index (χ1v) is 14.6. The molecule has 1 spiro atoms. The molecule has 1 aromatic heterocycles. The van der Waals surface area contributed by atoms with Gasteiger partial charge in [-0.2, -0.15) is 5.26 Å². The van der Waals surface area contributed by atoms with E-state index < -0.39 is 10.8 Å². The highest BCUT2D eigenvalue weighted by Crippen LogP contribution is 2.76. The molecule has 0 aliphatic heterocycles. The van der Waals surface area contributed by atoms with Gasteiger partial charge in [0.2, 0.25) is 12.3 Å². The molecule has 7 atom stereocenters. The van der Waals surface area contributed by atoms with Gasteiger partial charge in [-0.15, -0.1) is 10.2 Å². The van der Waals surface area contributed by atoms with Gasteiger partial charge in [-0.1, -0.05) is 46.3 Å². The lowest BCUT2D eigenvalue weighted by Gasteiger charge is -2.68. The fourth-order valence-corrected chi connectivity index (χ4v) is 10.8. The number of aromatic nitrogens is 2. The Kier molecular flexibility index (Phi) is 4.60. The first-order valence-electron chi connectivity index (χ1n) is 14.6. The minimum absolute atomic E-state index is 0.0457. The second-order valence-electron chi connectivity index (χ2n) is 15.1. The number of fused-ring (bicyclic) bond motifs is 8. The van der Waals surface area contributed by atoms with E-state index in [4.69, 9.17) is 4.42 Å². The van der Waals surface area contributed by atoms with Crippen LogP contribution in [0.25, 0.3) is 0 Å². The molecule has 6 nitrogen and oxygen atoms in total. The number of rotatable bonds is 1. The van der Waals surface area contributed by atoms with Crippen LogP contribution in [-0.4, -0.2) is 21.8 Å². The van der Waals surface area contributed by atoms with E-state index >= 15 is 0 Å². The normalized spacial score (nSPS) is 46.1. The number of hydrogen-bond donors (Lipinski definition) is 0. The van der Waals surface area contributed by atoms with Crippen LogP contribution in [0.3, 0.4) is 0 Å². The first-order chi connectivity index (χ1) is 17.9. The minimum Gasteiger partial charge on any atom is -0.427 e. The Bertz CT molecular complexity index is 1360. The number of hydrogen-bond acceptors (Lipinski definition) is 6. The molecule has 1 heterocycles.